The smallest absolute Gasteiger partial charge is 0.303 e. The summed E-state index contributed by atoms with van der Waals surface area (Å²) in [5.74, 6) is -0.829. The van der Waals surface area contributed by atoms with E-state index in [1.165, 1.54) is 0 Å². The third kappa shape index (κ3) is 3.84. The molecule has 1 rings (SSSR count). The monoisotopic (exact) mass is 229 g/mol. The topological polar surface area (TPSA) is 96.9 Å². The van der Waals surface area contributed by atoms with Crippen molar-refractivity contribution < 1.29 is 9.90 Å². The van der Waals surface area contributed by atoms with E-state index < -0.39 is 5.97 Å². The molecule has 0 fully saturated rings. The number of hydrogen-bond acceptors (Lipinski definition) is 4. The predicted molar refractivity (Wildman–Crippen MR) is 61.2 cm³/mol. The van der Waals surface area contributed by atoms with Crippen molar-refractivity contribution in [2.24, 2.45) is 0 Å². The second-order valence-electron chi connectivity index (χ2n) is 3.41. The fourth-order valence-electron chi connectivity index (χ4n) is 1.32. The van der Waals surface area contributed by atoms with E-state index in [4.69, 9.17) is 15.6 Å². The first-order valence-corrected chi connectivity index (χ1v) is 5.07. The summed E-state index contributed by atoms with van der Waals surface area (Å²) < 4.78 is 0. The molecule has 0 aliphatic rings. The zero-order valence-corrected chi connectivity index (χ0v) is 9.10. The molecule has 0 saturated carbocycles. The molecule has 0 aliphatic carbocycles. The highest BCUT2D eigenvalue weighted by Crippen LogP contribution is 2.14. The van der Waals surface area contributed by atoms with Crippen LogP contribution in [0, 0.1) is 22.7 Å². The lowest BCUT2D eigenvalue weighted by molar-refractivity contribution is -0.137. The lowest BCUT2D eigenvalue weighted by Crippen LogP contribution is -2.05. The number of carboxylic acids is 1. The number of aliphatic carboxylic acids is 1. The minimum absolute atomic E-state index is 0.106. The van der Waals surface area contributed by atoms with E-state index in [1.807, 2.05) is 12.1 Å². The van der Waals surface area contributed by atoms with Crippen LogP contribution >= 0.6 is 0 Å². The summed E-state index contributed by atoms with van der Waals surface area (Å²) in [4.78, 5) is 10.3. The fourth-order valence-corrected chi connectivity index (χ4v) is 1.32. The molecule has 0 heterocycles. The van der Waals surface area contributed by atoms with Gasteiger partial charge in [0.1, 0.15) is 12.1 Å². The molecule has 0 amide bonds. The molecule has 2 N–H and O–H groups in total. The molecule has 0 atom stereocenters. The number of nitrogens with one attached hydrogen (secondary N) is 1. The Kier molecular flexibility index (Phi) is 4.53. The second kappa shape index (κ2) is 6.14. The number of nitriles is 2. The van der Waals surface area contributed by atoms with E-state index in [2.05, 4.69) is 5.32 Å². The van der Waals surface area contributed by atoms with Crippen molar-refractivity contribution in [2.45, 2.75) is 12.8 Å². The van der Waals surface area contributed by atoms with Crippen molar-refractivity contribution in [1.29, 1.82) is 10.5 Å². The van der Waals surface area contributed by atoms with Crippen LogP contribution in [0.4, 0.5) is 5.69 Å². The van der Waals surface area contributed by atoms with Gasteiger partial charge in [0.05, 0.1) is 11.1 Å². The highest BCUT2D eigenvalue weighted by molar-refractivity contribution is 5.66. The van der Waals surface area contributed by atoms with Gasteiger partial charge < -0.3 is 10.4 Å². The van der Waals surface area contributed by atoms with Gasteiger partial charge in [-0.15, -0.1) is 0 Å². The van der Waals surface area contributed by atoms with Crippen molar-refractivity contribution in [2.75, 3.05) is 11.9 Å². The summed E-state index contributed by atoms with van der Waals surface area (Å²) in [6, 6.07) is 8.71. The van der Waals surface area contributed by atoms with Crippen LogP contribution in [-0.4, -0.2) is 17.6 Å². The first-order chi connectivity index (χ1) is 8.17. The average molecular weight is 229 g/mol. The Balaban J connectivity index is 2.59. The van der Waals surface area contributed by atoms with Crippen LogP contribution in [0.5, 0.6) is 0 Å². The molecule has 0 unspecified atom stereocenters. The standard InChI is InChI=1S/C12H11N3O2/c13-7-9-3-4-11(6-10(9)8-14)15-5-1-2-12(16)17/h3-4,6,15H,1-2,5H2,(H,16,17). The number of rotatable bonds is 5. The number of carbonyl (C=O) groups is 1. The summed E-state index contributed by atoms with van der Waals surface area (Å²) in [6.07, 6.45) is 0.617. The van der Waals surface area contributed by atoms with E-state index in [9.17, 15) is 4.79 Å². The second-order valence-corrected chi connectivity index (χ2v) is 3.41. The quantitative estimate of drug-likeness (QED) is 0.749. The first kappa shape index (κ1) is 12.5. The lowest BCUT2D eigenvalue weighted by atomic mass is 10.1. The van der Waals surface area contributed by atoms with E-state index in [1.54, 1.807) is 18.2 Å². The van der Waals surface area contributed by atoms with Gasteiger partial charge >= 0.3 is 5.97 Å². The van der Waals surface area contributed by atoms with Gasteiger partial charge in [0.25, 0.3) is 0 Å². The van der Waals surface area contributed by atoms with Crippen LogP contribution in [0.25, 0.3) is 0 Å². The molecule has 86 valence electrons. The molecule has 0 spiro atoms. The molecule has 0 radical (unpaired) electrons. The Hall–Kier alpha value is -2.53. The van der Waals surface area contributed by atoms with Crippen molar-refractivity contribution in [3.8, 4) is 12.1 Å². The van der Waals surface area contributed by atoms with Crippen LogP contribution in [0.15, 0.2) is 18.2 Å². The molecule has 0 bridgehead atoms. The Bertz CT molecular complexity index is 497. The zero-order valence-electron chi connectivity index (χ0n) is 9.10. The van der Waals surface area contributed by atoms with E-state index in [0.29, 0.717) is 29.8 Å². The molecule has 17 heavy (non-hydrogen) atoms. The molecule has 0 saturated heterocycles. The predicted octanol–water partition coefficient (Wildman–Crippen LogP) is 1.71. The Morgan fingerprint density at radius 1 is 1.29 bits per heavy atom. The Morgan fingerprint density at radius 3 is 2.59 bits per heavy atom. The van der Waals surface area contributed by atoms with Gasteiger partial charge in [-0.05, 0) is 24.6 Å². The highest BCUT2D eigenvalue weighted by Gasteiger charge is 2.02. The van der Waals surface area contributed by atoms with Crippen LogP contribution in [0.2, 0.25) is 0 Å². The van der Waals surface area contributed by atoms with E-state index >= 15 is 0 Å². The van der Waals surface area contributed by atoms with Gasteiger partial charge in [0, 0.05) is 18.7 Å². The number of nitrogens with zero attached hydrogens (tertiary/aromatic N) is 2. The van der Waals surface area contributed by atoms with Gasteiger partial charge in [-0.3, -0.25) is 4.79 Å². The van der Waals surface area contributed by atoms with Gasteiger partial charge in [-0.25, -0.2) is 0 Å². The number of carboxylic acid groups (broad SMARTS) is 1. The van der Waals surface area contributed by atoms with Crippen molar-refractivity contribution >= 4 is 11.7 Å². The lowest BCUT2D eigenvalue weighted by Gasteiger charge is -2.06. The van der Waals surface area contributed by atoms with Gasteiger partial charge in [0.2, 0.25) is 0 Å². The van der Waals surface area contributed by atoms with Crippen molar-refractivity contribution in [3.63, 3.8) is 0 Å². The number of anilines is 1. The number of hydrogen-bond donors (Lipinski definition) is 2. The van der Waals surface area contributed by atoms with Crippen LogP contribution in [0.1, 0.15) is 24.0 Å². The van der Waals surface area contributed by atoms with Gasteiger partial charge in [0.15, 0.2) is 0 Å². The average Bonchev–Trinajstić information content (AvgIpc) is 2.34. The van der Waals surface area contributed by atoms with Crippen molar-refractivity contribution in [1.82, 2.24) is 0 Å². The van der Waals surface area contributed by atoms with Crippen molar-refractivity contribution in [3.05, 3.63) is 29.3 Å². The minimum atomic E-state index is -0.829. The van der Waals surface area contributed by atoms with Gasteiger partial charge in [-0.2, -0.15) is 10.5 Å². The van der Waals surface area contributed by atoms with E-state index in [-0.39, 0.29) is 6.42 Å². The summed E-state index contributed by atoms with van der Waals surface area (Å²) in [7, 11) is 0. The number of benzene rings is 1. The first-order valence-electron chi connectivity index (χ1n) is 5.07. The largest absolute Gasteiger partial charge is 0.481 e. The summed E-state index contributed by atoms with van der Waals surface area (Å²) in [6.45, 7) is 0.517. The summed E-state index contributed by atoms with van der Waals surface area (Å²) >= 11 is 0. The van der Waals surface area contributed by atoms with Crippen LogP contribution < -0.4 is 5.32 Å². The zero-order chi connectivity index (χ0) is 12.7. The normalized spacial score (nSPS) is 9.06. The molecular formula is C12H11N3O2. The van der Waals surface area contributed by atoms with Crippen LogP contribution in [-0.2, 0) is 4.79 Å². The summed E-state index contributed by atoms with van der Waals surface area (Å²) in [5, 5.41) is 29.0. The molecule has 5 nitrogen and oxygen atoms in total. The molecule has 1 aromatic carbocycles. The molecule has 1 aromatic rings. The summed E-state index contributed by atoms with van der Waals surface area (Å²) in [5.41, 5.74) is 1.37. The maximum Gasteiger partial charge on any atom is 0.303 e. The maximum atomic E-state index is 10.3. The molecular weight excluding hydrogens is 218 g/mol. The van der Waals surface area contributed by atoms with E-state index in [0.717, 1.165) is 0 Å². The highest BCUT2D eigenvalue weighted by atomic mass is 16.4. The van der Waals surface area contributed by atoms with Crippen LogP contribution in [0.3, 0.4) is 0 Å². The third-order valence-electron chi connectivity index (χ3n) is 2.16. The fraction of sp³-hybridized carbons (Fsp3) is 0.250. The van der Waals surface area contributed by atoms with Gasteiger partial charge in [-0.1, -0.05) is 0 Å². The Labute approximate surface area is 98.9 Å². The minimum Gasteiger partial charge on any atom is -0.481 e. The SMILES string of the molecule is N#Cc1ccc(NCCCC(=O)O)cc1C#N. The Morgan fingerprint density at radius 2 is 2.00 bits per heavy atom. The molecule has 0 aromatic heterocycles. The molecule has 0 aliphatic heterocycles. The third-order valence-corrected chi connectivity index (χ3v) is 2.16. The maximum absolute atomic E-state index is 10.3. The molecule has 5 heteroatoms.